The molecule has 0 radical (unpaired) electrons. The molecule has 1 amide bonds. The molecule has 178 valence electrons. The Morgan fingerprint density at radius 1 is 0.939 bits per heavy atom. The lowest BCUT2D eigenvalue weighted by molar-refractivity contribution is -0.119. The smallest absolute Gasteiger partial charge is 0.264 e. The molecule has 0 heterocycles. The molecule has 0 atom stereocenters. The van der Waals surface area contributed by atoms with Crippen molar-refractivity contribution in [1.29, 1.82) is 0 Å². The van der Waals surface area contributed by atoms with Gasteiger partial charge in [-0.15, -0.1) is 0 Å². The average Bonchev–Trinajstić information content (AvgIpc) is 2.77. The standard InChI is InChI=1S/C26H35N3O3S/c1-20(2)22-13-15-24(16-14-22)29(33(31,32)25-17-11-21(3)12-18-25)19-26(30)28-27-23-9-7-5-4-6-8-10-23/h11-18,20H,4-10,19H2,1-3H3,(H,28,30). The minimum atomic E-state index is -3.93. The maximum Gasteiger partial charge on any atom is 0.264 e. The van der Waals surface area contributed by atoms with E-state index < -0.39 is 15.9 Å². The van der Waals surface area contributed by atoms with Crippen LogP contribution in [-0.4, -0.2) is 26.6 Å². The van der Waals surface area contributed by atoms with Crippen LogP contribution in [0.15, 0.2) is 58.5 Å². The first kappa shape index (κ1) is 25.0. The summed E-state index contributed by atoms with van der Waals surface area (Å²) in [7, 11) is -3.93. The fraction of sp³-hybridized carbons (Fsp3) is 0.462. The van der Waals surface area contributed by atoms with Gasteiger partial charge in [0.15, 0.2) is 0 Å². The molecule has 1 N–H and O–H groups in total. The summed E-state index contributed by atoms with van der Waals surface area (Å²) in [6.07, 6.45) is 7.52. The number of carbonyl (C=O) groups is 1. The minimum Gasteiger partial charge on any atom is -0.271 e. The molecule has 1 aliphatic carbocycles. The number of anilines is 1. The zero-order valence-electron chi connectivity index (χ0n) is 19.9. The van der Waals surface area contributed by atoms with E-state index in [1.807, 2.05) is 19.1 Å². The van der Waals surface area contributed by atoms with E-state index in [4.69, 9.17) is 0 Å². The fourth-order valence-corrected chi connectivity index (χ4v) is 5.33. The normalized spacial score (nSPS) is 15.0. The number of aryl methyl sites for hydroxylation is 1. The third-order valence-electron chi connectivity index (χ3n) is 6.01. The predicted octanol–water partition coefficient (Wildman–Crippen LogP) is 5.53. The molecule has 0 unspecified atom stereocenters. The van der Waals surface area contributed by atoms with Gasteiger partial charge < -0.3 is 0 Å². The highest BCUT2D eigenvalue weighted by molar-refractivity contribution is 7.92. The van der Waals surface area contributed by atoms with Gasteiger partial charge in [0.05, 0.1) is 10.6 Å². The van der Waals surface area contributed by atoms with E-state index in [2.05, 4.69) is 24.4 Å². The highest BCUT2D eigenvalue weighted by Crippen LogP contribution is 2.26. The third kappa shape index (κ3) is 6.90. The summed E-state index contributed by atoms with van der Waals surface area (Å²) in [4.78, 5) is 13.0. The van der Waals surface area contributed by atoms with E-state index in [1.54, 1.807) is 36.4 Å². The molecular formula is C26H35N3O3S. The number of benzene rings is 2. The molecule has 33 heavy (non-hydrogen) atoms. The number of amides is 1. The first-order valence-electron chi connectivity index (χ1n) is 11.8. The molecule has 3 rings (SSSR count). The van der Waals surface area contributed by atoms with Crippen molar-refractivity contribution in [3.63, 3.8) is 0 Å². The Hall–Kier alpha value is -2.67. The quantitative estimate of drug-likeness (QED) is 0.542. The summed E-state index contributed by atoms with van der Waals surface area (Å²) in [5.41, 5.74) is 6.11. The van der Waals surface area contributed by atoms with Crippen LogP contribution in [0.4, 0.5) is 5.69 Å². The lowest BCUT2D eigenvalue weighted by Gasteiger charge is -2.24. The molecule has 0 spiro atoms. The highest BCUT2D eigenvalue weighted by Gasteiger charge is 2.27. The summed E-state index contributed by atoms with van der Waals surface area (Å²) in [6.45, 7) is 5.73. The van der Waals surface area contributed by atoms with Crippen LogP contribution in [0.25, 0.3) is 0 Å². The summed E-state index contributed by atoms with van der Waals surface area (Å²) in [5, 5.41) is 4.33. The van der Waals surface area contributed by atoms with Gasteiger partial charge in [0.1, 0.15) is 6.54 Å². The number of rotatable bonds is 7. The second-order valence-corrected chi connectivity index (χ2v) is 10.9. The van der Waals surface area contributed by atoms with Gasteiger partial charge in [0.25, 0.3) is 15.9 Å². The molecule has 6 nitrogen and oxygen atoms in total. The lowest BCUT2D eigenvalue weighted by atomic mass is 9.99. The van der Waals surface area contributed by atoms with E-state index >= 15 is 0 Å². The average molecular weight is 470 g/mol. The van der Waals surface area contributed by atoms with Gasteiger partial charge in [-0.25, -0.2) is 13.8 Å². The Bertz CT molecular complexity index is 1050. The molecule has 2 aromatic rings. The van der Waals surface area contributed by atoms with Crippen LogP contribution in [-0.2, 0) is 14.8 Å². The number of nitrogens with zero attached hydrogens (tertiary/aromatic N) is 2. The Morgan fingerprint density at radius 3 is 2.09 bits per heavy atom. The van der Waals surface area contributed by atoms with Crippen LogP contribution < -0.4 is 9.73 Å². The topological polar surface area (TPSA) is 78.8 Å². The number of hydrogen-bond acceptors (Lipinski definition) is 4. The summed E-state index contributed by atoms with van der Waals surface area (Å²) in [5.74, 6) is -0.128. The monoisotopic (exact) mass is 469 g/mol. The number of hydrazone groups is 1. The van der Waals surface area contributed by atoms with Crippen LogP contribution in [0.1, 0.15) is 75.8 Å². The van der Waals surface area contributed by atoms with Gasteiger partial charge in [-0.2, -0.15) is 5.10 Å². The SMILES string of the molecule is Cc1ccc(S(=O)(=O)N(CC(=O)NN=C2CCCCCCC2)c2ccc(C(C)C)cc2)cc1. The molecule has 2 aromatic carbocycles. The van der Waals surface area contributed by atoms with Crippen LogP contribution >= 0.6 is 0 Å². The Morgan fingerprint density at radius 2 is 1.52 bits per heavy atom. The zero-order chi connectivity index (χ0) is 23.8. The van der Waals surface area contributed by atoms with Crippen molar-refractivity contribution in [2.45, 2.75) is 76.5 Å². The zero-order valence-corrected chi connectivity index (χ0v) is 20.7. The predicted molar refractivity (Wildman–Crippen MR) is 134 cm³/mol. The highest BCUT2D eigenvalue weighted by atomic mass is 32.2. The minimum absolute atomic E-state index is 0.153. The van der Waals surface area contributed by atoms with Crippen molar-refractivity contribution in [2.75, 3.05) is 10.8 Å². The summed E-state index contributed by atoms with van der Waals surface area (Å²) < 4.78 is 28.2. The third-order valence-corrected chi connectivity index (χ3v) is 7.80. The van der Waals surface area contributed by atoms with E-state index in [0.717, 1.165) is 46.8 Å². The van der Waals surface area contributed by atoms with E-state index in [9.17, 15) is 13.2 Å². The maximum atomic E-state index is 13.5. The largest absolute Gasteiger partial charge is 0.271 e. The Kier molecular flexibility index (Phi) is 8.67. The second kappa shape index (κ2) is 11.5. The van der Waals surface area contributed by atoms with Gasteiger partial charge in [-0.05, 0) is 68.4 Å². The van der Waals surface area contributed by atoms with E-state index in [0.29, 0.717) is 11.6 Å². The van der Waals surface area contributed by atoms with Gasteiger partial charge >= 0.3 is 0 Å². The van der Waals surface area contributed by atoms with Crippen molar-refractivity contribution in [3.05, 3.63) is 59.7 Å². The number of carbonyl (C=O) groups excluding carboxylic acids is 1. The van der Waals surface area contributed by atoms with Gasteiger partial charge in [0, 0.05) is 5.71 Å². The van der Waals surface area contributed by atoms with Crippen LogP contribution in [0.2, 0.25) is 0 Å². The molecule has 0 saturated heterocycles. The molecule has 1 fully saturated rings. The fourth-order valence-electron chi connectivity index (χ4n) is 3.91. The first-order chi connectivity index (χ1) is 15.8. The van der Waals surface area contributed by atoms with Crippen molar-refractivity contribution >= 4 is 27.3 Å². The maximum absolute atomic E-state index is 13.5. The number of hydrogen-bond donors (Lipinski definition) is 1. The van der Waals surface area contributed by atoms with Gasteiger partial charge in [0.2, 0.25) is 0 Å². The molecule has 1 saturated carbocycles. The molecule has 7 heteroatoms. The molecule has 0 aromatic heterocycles. The molecule has 1 aliphatic rings. The Balaban J connectivity index is 1.84. The van der Waals surface area contributed by atoms with Crippen molar-refractivity contribution < 1.29 is 13.2 Å². The van der Waals surface area contributed by atoms with Gasteiger partial charge in [-0.3, -0.25) is 9.10 Å². The van der Waals surface area contributed by atoms with Crippen molar-refractivity contribution in [3.8, 4) is 0 Å². The summed E-state index contributed by atoms with van der Waals surface area (Å²) in [6, 6.07) is 14.0. The van der Waals surface area contributed by atoms with Crippen molar-refractivity contribution in [1.82, 2.24) is 5.43 Å². The number of sulfonamides is 1. The summed E-state index contributed by atoms with van der Waals surface area (Å²) >= 11 is 0. The number of nitrogens with one attached hydrogen (secondary N) is 1. The Labute approximate surface area is 198 Å². The first-order valence-corrected chi connectivity index (χ1v) is 13.2. The van der Waals surface area contributed by atoms with Gasteiger partial charge in [-0.1, -0.05) is 62.9 Å². The molecule has 0 bridgehead atoms. The lowest BCUT2D eigenvalue weighted by Crippen LogP contribution is -2.39. The van der Waals surface area contributed by atoms with Crippen LogP contribution in [0, 0.1) is 6.92 Å². The van der Waals surface area contributed by atoms with Crippen molar-refractivity contribution in [2.24, 2.45) is 5.10 Å². The molecular weight excluding hydrogens is 434 g/mol. The van der Waals surface area contributed by atoms with Crippen LogP contribution in [0.5, 0.6) is 0 Å². The molecule has 0 aliphatic heterocycles. The second-order valence-electron chi connectivity index (χ2n) is 9.05. The van der Waals surface area contributed by atoms with Crippen LogP contribution in [0.3, 0.4) is 0 Å². The van der Waals surface area contributed by atoms with E-state index in [-0.39, 0.29) is 11.4 Å². The van der Waals surface area contributed by atoms with E-state index in [1.165, 1.54) is 19.3 Å².